The third kappa shape index (κ3) is 2.20. The van der Waals surface area contributed by atoms with Crippen molar-refractivity contribution in [1.82, 2.24) is 0 Å². The third-order valence-corrected chi connectivity index (χ3v) is 2.79. The Morgan fingerprint density at radius 3 is 2.56 bits per heavy atom. The monoisotopic (exact) mass is 241 g/mol. The van der Waals surface area contributed by atoms with Crippen molar-refractivity contribution in [2.24, 2.45) is 0 Å². The fourth-order valence-electron chi connectivity index (χ4n) is 1.88. The minimum absolute atomic E-state index is 0.232. The molecule has 0 aliphatic carbocycles. The van der Waals surface area contributed by atoms with Gasteiger partial charge in [0.1, 0.15) is 17.2 Å². The molecule has 0 saturated carbocycles. The van der Waals surface area contributed by atoms with E-state index >= 15 is 0 Å². The van der Waals surface area contributed by atoms with Crippen molar-refractivity contribution in [1.29, 1.82) is 0 Å². The van der Waals surface area contributed by atoms with Crippen LogP contribution in [-0.4, -0.2) is 0 Å². The molecule has 2 nitrogen and oxygen atoms in total. The van der Waals surface area contributed by atoms with Gasteiger partial charge in [0.15, 0.2) is 0 Å². The molecule has 18 heavy (non-hydrogen) atoms. The maximum atomic E-state index is 12.7. The molecule has 3 aromatic rings. The molecule has 90 valence electrons. The molecule has 0 saturated heterocycles. The molecule has 0 atom stereocenters. The summed E-state index contributed by atoms with van der Waals surface area (Å²) in [6.07, 6.45) is 0. The van der Waals surface area contributed by atoms with Gasteiger partial charge in [-0.1, -0.05) is 18.2 Å². The zero-order valence-corrected chi connectivity index (χ0v) is 9.69. The van der Waals surface area contributed by atoms with Crippen LogP contribution in [0.25, 0.3) is 11.0 Å². The number of para-hydroxylation sites is 1. The summed E-state index contributed by atoms with van der Waals surface area (Å²) in [6.45, 7) is 0.584. The van der Waals surface area contributed by atoms with Crippen molar-refractivity contribution in [2.75, 3.05) is 5.32 Å². The van der Waals surface area contributed by atoms with Crippen LogP contribution in [0.5, 0.6) is 0 Å². The number of furan rings is 1. The van der Waals surface area contributed by atoms with E-state index in [0.29, 0.717) is 6.54 Å². The number of halogens is 1. The quantitative estimate of drug-likeness (QED) is 0.744. The minimum atomic E-state index is -0.232. The number of nitrogens with one attached hydrogen (secondary N) is 1. The predicted octanol–water partition coefficient (Wildman–Crippen LogP) is 4.18. The second kappa shape index (κ2) is 4.53. The number of anilines is 1. The SMILES string of the molecule is Fc1ccc(NCc2cc3ccccc3o2)cc1. The van der Waals surface area contributed by atoms with Gasteiger partial charge in [0.25, 0.3) is 0 Å². The van der Waals surface area contributed by atoms with Gasteiger partial charge in [-0.25, -0.2) is 4.39 Å². The summed E-state index contributed by atoms with van der Waals surface area (Å²) < 4.78 is 18.4. The number of hydrogen-bond donors (Lipinski definition) is 1. The van der Waals surface area contributed by atoms with Crippen LogP contribution in [0, 0.1) is 5.82 Å². The van der Waals surface area contributed by atoms with E-state index in [0.717, 1.165) is 22.4 Å². The predicted molar refractivity (Wildman–Crippen MR) is 69.9 cm³/mol. The highest BCUT2D eigenvalue weighted by molar-refractivity contribution is 5.77. The lowest BCUT2D eigenvalue weighted by Gasteiger charge is -2.03. The normalized spacial score (nSPS) is 10.7. The van der Waals surface area contributed by atoms with Gasteiger partial charge in [0.05, 0.1) is 6.54 Å². The summed E-state index contributed by atoms with van der Waals surface area (Å²) in [5.74, 6) is 0.629. The van der Waals surface area contributed by atoms with E-state index in [2.05, 4.69) is 5.32 Å². The van der Waals surface area contributed by atoms with Crippen molar-refractivity contribution >= 4 is 16.7 Å². The van der Waals surface area contributed by atoms with Crippen molar-refractivity contribution in [3.8, 4) is 0 Å². The molecular formula is C15H12FNO. The smallest absolute Gasteiger partial charge is 0.134 e. The molecule has 3 heteroatoms. The van der Waals surface area contributed by atoms with Crippen LogP contribution in [0.3, 0.4) is 0 Å². The Morgan fingerprint density at radius 2 is 1.78 bits per heavy atom. The number of fused-ring (bicyclic) bond motifs is 1. The van der Waals surface area contributed by atoms with Crippen molar-refractivity contribution in [3.63, 3.8) is 0 Å². The van der Waals surface area contributed by atoms with Gasteiger partial charge in [-0.15, -0.1) is 0 Å². The molecule has 1 aromatic heterocycles. The Kier molecular flexibility index (Phi) is 2.73. The second-order valence-electron chi connectivity index (χ2n) is 4.11. The fraction of sp³-hybridized carbons (Fsp3) is 0.0667. The lowest BCUT2D eigenvalue weighted by Crippen LogP contribution is -1.97. The maximum Gasteiger partial charge on any atom is 0.134 e. The van der Waals surface area contributed by atoms with Gasteiger partial charge in [0.2, 0.25) is 0 Å². The van der Waals surface area contributed by atoms with Gasteiger partial charge in [0, 0.05) is 11.1 Å². The number of hydrogen-bond acceptors (Lipinski definition) is 2. The van der Waals surface area contributed by atoms with E-state index in [4.69, 9.17) is 4.42 Å². The first-order valence-corrected chi connectivity index (χ1v) is 5.78. The largest absolute Gasteiger partial charge is 0.459 e. The van der Waals surface area contributed by atoms with Crippen LogP contribution in [0.15, 0.2) is 59.0 Å². The van der Waals surface area contributed by atoms with Crippen LogP contribution in [0.4, 0.5) is 10.1 Å². The Morgan fingerprint density at radius 1 is 1.00 bits per heavy atom. The van der Waals surface area contributed by atoms with Crippen LogP contribution in [0.1, 0.15) is 5.76 Å². The summed E-state index contributed by atoms with van der Waals surface area (Å²) in [4.78, 5) is 0. The van der Waals surface area contributed by atoms with Gasteiger partial charge in [-0.05, 0) is 36.4 Å². The van der Waals surface area contributed by atoms with Crippen molar-refractivity contribution in [3.05, 3.63) is 66.2 Å². The molecule has 1 heterocycles. The molecule has 2 aromatic carbocycles. The molecular weight excluding hydrogens is 229 g/mol. The molecule has 0 fully saturated rings. The van der Waals surface area contributed by atoms with E-state index in [9.17, 15) is 4.39 Å². The number of benzene rings is 2. The number of rotatable bonds is 3. The zero-order valence-electron chi connectivity index (χ0n) is 9.69. The van der Waals surface area contributed by atoms with Gasteiger partial charge < -0.3 is 9.73 Å². The molecule has 0 aliphatic heterocycles. The Hall–Kier alpha value is -2.29. The fourth-order valence-corrected chi connectivity index (χ4v) is 1.88. The van der Waals surface area contributed by atoms with Crippen LogP contribution in [0.2, 0.25) is 0 Å². The van der Waals surface area contributed by atoms with E-state index in [1.807, 2.05) is 30.3 Å². The molecule has 0 aliphatic rings. The highest BCUT2D eigenvalue weighted by Crippen LogP contribution is 2.19. The van der Waals surface area contributed by atoms with Crippen LogP contribution in [-0.2, 0) is 6.54 Å². The highest BCUT2D eigenvalue weighted by Gasteiger charge is 2.02. The van der Waals surface area contributed by atoms with Gasteiger partial charge in [-0.2, -0.15) is 0 Å². The summed E-state index contributed by atoms with van der Waals surface area (Å²) in [6, 6.07) is 16.2. The van der Waals surface area contributed by atoms with E-state index in [-0.39, 0.29) is 5.82 Å². The molecule has 0 spiro atoms. The Labute approximate surface area is 104 Å². The second-order valence-corrected chi connectivity index (χ2v) is 4.11. The lowest BCUT2D eigenvalue weighted by atomic mass is 10.2. The first-order valence-electron chi connectivity index (χ1n) is 5.78. The maximum absolute atomic E-state index is 12.7. The summed E-state index contributed by atoms with van der Waals surface area (Å²) in [5.41, 5.74) is 1.75. The molecule has 3 rings (SSSR count). The molecule has 0 unspecified atom stereocenters. The van der Waals surface area contributed by atoms with Crippen LogP contribution < -0.4 is 5.32 Å². The molecule has 0 radical (unpaired) electrons. The van der Waals surface area contributed by atoms with Crippen molar-refractivity contribution in [2.45, 2.75) is 6.54 Å². The van der Waals surface area contributed by atoms with Gasteiger partial charge >= 0.3 is 0 Å². The zero-order chi connectivity index (χ0) is 12.4. The molecule has 0 bridgehead atoms. The third-order valence-electron chi connectivity index (χ3n) is 2.79. The van der Waals surface area contributed by atoms with Gasteiger partial charge in [-0.3, -0.25) is 0 Å². The van der Waals surface area contributed by atoms with Crippen molar-refractivity contribution < 1.29 is 8.81 Å². The topological polar surface area (TPSA) is 25.2 Å². The first-order chi connectivity index (χ1) is 8.81. The Bertz CT molecular complexity index is 625. The van der Waals surface area contributed by atoms with Crippen LogP contribution >= 0.6 is 0 Å². The van der Waals surface area contributed by atoms with E-state index in [1.165, 1.54) is 12.1 Å². The average Bonchev–Trinajstić information content (AvgIpc) is 2.81. The molecule has 1 N–H and O–H groups in total. The average molecular weight is 241 g/mol. The molecule has 0 amide bonds. The summed E-state index contributed by atoms with van der Waals surface area (Å²) in [7, 11) is 0. The van der Waals surface area contributed by atoms with E-state index in [1.54, 1.807) is 12.1 Å². The lowest BCUT2D eigenvalue weighted by molar-refractivity contribution is 0.559. The Balaban J connectivity index is 1.74. The summed E-state index contributed by atoms with van der Waals surface area (Å²) >= 11 is 0. The summed E-state index contributed by atoms with van der Waals surface area (Å²) in [5, 5.41) is 4.28. The first kappa shape index (κ1) is 10.8. The highest BCUT2D eigenvalue weighted by atomic mass is 19.1. The minimum Gasteiger partial charge on any atom is -0.459 e. The van der Waals surface area contributed by atoms with E-state index < -0.39 is 0 Å². The standard InChI is InChI=1S/C15H12FNO/c16-12-5-7-13(8-6-12)17-10-14-9-11-3-1-2-4-15(11)18-14/h1-9,17H,10H2.